The molecule has 4 rings (SSSR count). The maximum Gasteiger partial charge on any atom is 0.266 e. The molecule has 0 heterocycles. The van der Waals surface area contributed by atoms with Gasteiger partial charge in [-0.25, -0.2) is 4.39 Å². The number of rotatable bonds is 6. The van der Waals surface area contributed by atoms with Gasteiger partial charge in [0, 0.05) is 21.2 Å². The molecule has 0 bridgehead atoms. The number of para-hydroxylation sites is 1. The van der Waals surface area contributed by atoms with E-state index in [1.165, 1.54) is 24.3 Å². The van der Waals surface area contributed by atoms with Crippen LogP contribution in [0.15, 0.2) is 84.4 Å². The van der Waals surface area contributed by atoms with Crippen LogP contribution in [0.4, 0.5) is 10.1 Å². The minimum Gasteiger partial charge on any atom is -0.488 e. The highest BCUT2D eigenvalue weighted by atomic mass is 35.5. The summed E-state index contributed by atoms with van der Waals surface area (Å²) in [5.74, 6) is -0.870. The van der Waals surface area contributed by atoms with Crippen LogP contribution < -0.4 is 10.1 Å². The number of ether oxygens (including phenoxy) is 1. The van der Waals surface area contributed by atoms with Gasteiger partial charge >= 0.3 is 0 Å². The third-order valence-electron chi connectivity index (χ3n) is 5.10. The molecule has 0 radical (unpaired) electrons. The highest BCUT2D eigenvalue weighted by Crippen LogP contribution is 2.32. The first-order valence-electron chi connectivity index (χ1n) is 10.2. The zero-order valence-electron chi connectivity index (χ0n) is 17.7. The van der Waals surface area contributed by atoms with Crippen molar-refractivity contribution in [3.05, 3.63) is 111 Å². The number of hydrogen-bond donors (Lipinski definition) is 1. The van der Waals surface area contributed by atoms with E-state index < -0.39 is 11.7 Å². The number of hydrogen-bond acceptors (Lipinski definition) is 3. The largest absolute Gasteiger partial charge is 0.488 e. The third kappa shape index (κ3) is 5.20. The van der Waals surface area contributed by atoms with E-state index in [9.17, 15) is 14.4 Å². The number of fused-ring (bicyclic) bond motifs is 1. The van der Waals surface area contributed by atoms with Gasteiger partial charge in [-0.15, -0.1) is 0 Å². The summed E-state index contributed by atoms with van der Waals surface area (Å²) < 4.78 is 20.0. The lowest BCUT2D eigenvalue weighted by Gasteiger charge is -2.14. The molecule has 0 fully saturated rings. The monoisotopic (exact) mass is 490 g/mol. The van der Waals surface area contributed by atoms with Gasteiger partial charge in [-0.3, -0.25) is 4.79 Å². The fourth-order valence-corrected chi connectivity index (χ4v) is 3.85. The number of nitrogens with one attached hydrogen (secondary N) is 1. The highest BCUT2D eigenvalue weighted by Gasteiger charge is 2.15. The summed E-state index contributed by atoms with van der Waals surface area (Å²) in [7, 11) is 0. The molecule has 1 N–H and O–H groups in total. The van der Waals surface area contributed by atoms with Crippen molar-refractivity contribution < 1.29 is 13.9 Å². The average molecular weight is 491 g/mol. The first kappa shape index (κ1) is 23.3. The van der Waals surface area contributed by atoms with Crippen LogP contribution in [0.1, 0.15) is 11.1 Å². The smallest absolute Gasteiger partial charge is 0.266 e. The zero-order chi connectivity index (χ0) is 24.1. The molecule has 0 aliphatic rings. The molecule has 4 aromatic rings. The second kappa shape index (κ2) is 10.4. The first-order valence-corrected chi connectivity index (χ1v) is 11.0. The standard InChI is InChI=1S/C27H17Cl2FN2O2/c28-20-11-9-18(23(29)14-20)16-34-26-12-10-17-5-1-2-6-21(17)22(26)13-19(15-31)27(33)32-25-8-4-3-7-24(25)30/h1-14H,16H2,(H,32,33)/b19-13+. The lowest BCUT2D eigenvalue weighted by molar-refractivity contribution is -0.112. The number of carbonyl (C=O) groups is 1. The lowest BCUT2D eigenvalue weighted by atomic mass is 10.0. The Kier molecular flexibility index (Phi) is 7.12. The summed E-state index contributed by atoms with van der Waals surface area (Å²) >= 11 is 12.2. The second-order valence-electron chi connectivity index (χ2n) is 7.33. The third-order valence-corrected chi connectivity index (χ3v) is 5.69. The zero-order valence-corrected chi connectivity index (χ0v) is 19.2. The predicted molar refractivity (Wildman–Crippen MR) is 133 cm³/mol. The Morgan fingerprint density at radius 2 is 1.79 bits per heavy atom. The van der Waals surface area contributed by atoms with Crippen molar-refractivity contribution in [2.75, 3.05) is 5.32 Å². The number of nitriles is 1. The molecule has 34 heavy (non-hydrogen) atoms. The van der Waals surface area contributed by atoms with E-state index in [-0.39, 0.29) is 17.9 Å². The molecule has 0 saturated carbocycles. The molecule has 0 atom stereocenters. The van der Waals surface area contributed by atoms with Gasteiger partial charge in [0.2, 0.25) is 0 Å². The predicted octanol–water partition coefficient (Wildman–Crippen LogP) is 7.41. The van der Waals surface area contributed by atoms with Gasteiger partial charge in [0.05, 0.1) is 5.69 Å². The summed E-state index contributed by atoms with van der Waals surface area (Å²) in [6.07, 6.45) is 1.44. The number of halogens is 3. The normalized spacial score (nSPS) is 11.2. The van der Waals surface area contributed by atoms with Gasteiger partial charge in [-0.05, 0) is 47.2 Å². The Labute approximate surface area is 205 Å². The van der Waals surface area contributed by atoms with Gasteiger partial charge < -0.3 is 10.1 Å². The van der Waals surface area contributed by atoms with Crippen molar-refractivity contribution >= 4 is 51.6 Å². The van der Waals surface area contributed by atoms with Gasteiger partial charge in [0.25, 0.3) is 5.91 Å². The highest BCUT2D eigenvalue weighted by molar-refractivity contribution is 6.35. The molecule has 0 aliphatic carbocycles. The van der Waals surface area contributed by atoms with Gasteiger partial charge in [0.15, 0.2) is 0 Å². The topological polar surface area (TPSA) is 62.1 Å². The van der Waals surface area contributed by atoms with Crippen molar-refractivity contribution in [1.82, 2.24) is 0 Å². The van der Waals surface area contributed by atoms with Crippen LogP contribution in [0.5, 0.6) is 5.75 Å². The van der Waals surface area contributed by atoms with Crippen molar-refractivity contribution in [3.8, 4) is 11.8 Å². The quantitative estimate of drug-likeness (QED) is 0.226. The molecule has 168 valence electrons. The SMILES string of the molecule is N#C/C(=C\c1c(OCc2ccc(Cl)cc2Cl)ccc2ccccc12)C(=O)Nc1ccccc1F. The maximum absolute atomic E-state index is 14.0. The summed E-state index contributed by atoms with van der Waals surface area (Å²) in [5.41, 5.74) is 1.06. The van der Waals surface area contributed by atoms with Crippen LogP contribution >= 0.6 is 23.2 Å². The molecule has 0 spiro atoms. The maximum atomic E-state index is 14.0. The van der Waals surface area contributed by atoms with Crippen LogP contribution in [-0.4, -0.2) is 5.91 Å². The Hall–Kier alpha value is -3.85. The molecule has 7 heteroatoms. The Morgan fingerprint density at radius 3 is 2.56 bits per heavy atom. The van der Waals surface area contributed by atoms with Crippen LogP contribution in [0.3, 0.4) is 0 Å². The minimum atomic E-state index is -0.729. The van der Waals surface area contributed by atoms with E-state index in [0.717, 1.165) is 16.3 Å². The van der Waals surface area contributed by atoms with E-state index in [4.69, 9.17) is 27.9 Å². The number of benzene rings is 4. The number of amides is 1. The number of carbonyl (C=O) groups excluding carboxylic acids is 1. The average Bonchev–Trinajstić information content (AvgIpc) is 2.83. The van der Waals surface area contributed by atoms with Crippen LogP contribution in [0.25, 0.3) is 16.8 Å². The van der Waals surface area contributed by atoms with Gasteiger partial charge in [-0.2, -0.15) is 5.26 Å². The molecule has 0 unspecified atom stereocenters. The molecular weight excluding hydrogens is 474 g/mol. The molecule has 4 aromatic carbocycles. The fourth-order valence-electron chi connectivity index (χ4n) is 3.39. The summed E-state index contributed by atoms with van der Waals surface area (Å²) in [4.78, 5) is 12.8. The molecule has 0 aromatic heterocycles. The number of anilines is 1. The minimum absolute atomic E-state index is 0.0135. The summed E-state index contributed by atoms with van der Waals surface area (Å²) in [5, 5.41) is 14.8. The lowest BCUT2D eigenvalue weighted by Crippen LogP contribution is -2.14. The van der Waals surface area contributed by atoms with E-state index in [0.29, 0.717) is 21.4 Å². The van der Waals surface area contributed by atoms with Crippen LogP contribution in [-0.2, 0) is 11.4 Å². The Morgan fingerprint density at radius 1 is 1.03 bits per heavy atom. The van der Waals surface area contributed by atoms with Crippen molar-refractivity contribution in [2.45, 2.75) is 6.61 Å². The van der Waals surface area contributed by atoms with Crippen LogP contribution in [0, 0.1) is 17.1 Å². The van der Waals surface area contributed by atoms with Crippen molar-refractivity contribution in [1.29, 1.82) is 5.26 Å². The Balaban J connectivity index is 1.71. The Bertz CT molecular complexity index is 1460. The van der Waals surface area contributed by atoms with E-state index in [1.807, 2.05) is 36.4 Å². The molecule has 0 saturated heterocycles. The molecule has 4 nitrogen and oxygen atoms in total. The van der Waals surface area contributed by atoms with E-state index >= 15 is 0 Å². The molecule has 0 aliphatic heterocycles. The van der Waals surface area contributed by atoms with Crippen LogP contribution in [0.2, 0.25) is 10.0 Å². The van der Waals surface area contributed by atoms with Gasteiger partial charge in [-0.1, -0.05) is 71.7 Å². The first-order chi connectivity index (χ1) is 16.5. The summed E-state index contributed by atoms with van der Waals surface area (Å²) in [6.45, 7) is 0.151. The van der Waals surface area contributed by atoms with Crippen molar-refractivity contribution in [3.63, 3.8) is 0 Å². The molecular formula is C27H17Cl2FN2O2. The molecule has 1 amide bonds. The summed E-state index contributed by atoms with van der Waals surface area (Å²) in [6, 6.07) is 23.9. The number of nitrogens with zero attached hydrogens (tertiary/aromatic N) is 1. The van der Waals surface area contributed by atoms with Crippen molar-refractivity contribution in [2.24, 2.45) is 0 Å². The van der Waals surface area contributed by atoms with E-state index in [2.05, 4.69) is 5.32 Å². The van der Waals surface area contributed by atoms with Gasteiger partial charge in [0.1, 0.15) is 29.8 Å². The van der Waals surface area contributed by atoms with E-state index in [1.54, 1.807) is 30.3 Å². The second-order valence-corrected chi connectivity index (χ2v) is 8.17. The fraction of sp³-hybridized carbons (Fsp3) is 0.0370.